The molecule has 0 atom stereocenters. The van der Waals surface area contributed by atoms with Crippen molar-refractivity contribution >= 4 is 17.3 Å². The molecule has 0 unspecified atom stereocenters. The molecule has 0 radical (unpaired) electrons. The summed E-state index contributed by atoms with van der Waals surface area (Å²) in [5.41, 5.74) is 7.13. The Kier molecular flexibility index (Phi) is 7.83. The van der Waals surface area contributed by atoms with Crippen molar-refractivity contribution in [3.8, 4) is 0 Å². The summed E-state index contributed by atoms with van der Waals surface area (Å²) in [7, 11) is 0. The van der Waals surface area contributed by atoms with Crippen molar-refractivity contribution in [1.82, 2.24) is 4.90 Å². The highest BCUT2D eigenvalue weighted by molar-refractivity contribution is 5.93. The van der Waals surface area contributed by atoms with Crippen molar-refractivity contribution in [3.63, 3.8) is 0 Å². The lowest BCUT2D eigenvalue weighted by Crippen LogP contribution is -2.32. The zero-order valence-corrected chi connectivity index (χ0v) is 13.6. The van der Waals surface area contributed by atoms with Crippen LogP contribution >= 0.6 is 0 Å². The maximum absolute atomic E-state index is 12.0. The van der Waals surface area contributed by atoms with Gasteiger partial charge in [-0.1, -0.05) is 45.7 Å². The minimum atomic E-state index is 0.0240. The Morgan fingerprint density at radius 2 is 1.90 bits per heavy atom. The number of nitrogens with zero attached hydrogens (tertiary/aromatic N) is 1. The van der Waals surface area contributed by atoms with Crippen molar-refractivity contribution in [2.24, 2.45) is 5.92 Å². The molecule has 0 fully saturated rings. The van der Waals surface area contributed by atoms with Crippen LogP contribution in [0, 0.1) is 5.92 Å². The van der Waals surface area contributed by atoms with E-state index in [0.29, 0.717) is 17.8 Å². The molecule has 1 aromatic carbocycles. The molecule has 0 aliphatic heterocycles. The molecule has 0 aliphatic rings. The van der Waals surface area contributed by atoms with Crippen molar-refractivity contribution < 1.29 is 4.79 Å². The minimum absolute atomic E-state index is 0.0240. The van der Waals surface area contributed by atoms with Crippen LogP contribution in [0.4, 0.5) is 11.4 Å². The van der Waals surface area contributed by atoms with Gasteiger partial charge >= 0.3 is 0 Å². The molecule has 0 aromatic heterocycles. The minimum Gasteiger partial charge on any atom is -0.397 e. The van der Waals surface area contributed by atoms with Crippen LogP contribution in [0.25, 0.3) is 0 Å². The highest BCUT2D eigenvalue weighted by Gasteiger charge is 2.12. The Bertz CT molecular complexity index is 430. The van der Waals surface area contributed by atoms with Crippen LogP contribution in [-0.2, 0) is 4.79 Å². The lowest BCUT2D eigenvalue weighted by molar-refractivity contribution is -0.116. The van der Waals surface area contributed by atoms with Crippen LogP contribution in [0.5, 0.6) is 0 Å². The Labute approximate surface area is 128 Å². The van der Waals surface area contributed by atoms with Gasteiger partial charge in [0.1, 0.15) is 0 Å². The third-order valence-corrected chi connectivity index (χ3v) is 4.01. The number of benzene rings is 1. The summed E-state index contributed by atoms with van der Waals surface area (Å²) in [5, 5.41) is 2.88. The number of hydrogen-bond acceptors (Lipinski definition) is 3. The fraction of sp³-hybridized carbons (Fsp3) is 0.588. The van der Waals surface area contributed by atoms with Crippen LogP contribution in [0.15, 0.2) is 24.3 Å². The second-order valence-electron chi connectivity index (χ2n) is 5.46. The van der Waals surface area contributed by atoms with Crippen LogP contribution in [-0.4, -0.2) is 30.4 Å². The second kappa shape index (κ2) is 9.40. The Morgan fingerprint density at radius 3 is 2.48 bits per heavy atom. The summed E-state index contributed by atoms with van der Waals surface area (Å²) in [6.07, 6.45) is 2.89. The van der Waals surface area contributed by atoms with Crippen molar-refractivity contribution in [2.75, 3.05) is 30.7 Å². The highest BCUT2D eigenvalue weighted by atomic mass is 16.1. The van der Waals surface area contributed by atoms with E-state index in [1.54, 1.807) is 6.07 Å². The number of hydrogen-bond donors (Lipinski definition) is 2. The van der Waals surface area contributed by atoms with Gasteiger partial charge in [0.25, 0.3) is 0 Å². The molecule has 0 saturated heterocycles. The smallest absolute Gasteiger partial charge is 0.225 e. The van der Waals surface area contributed by atoms with E-state index < -0.39 is 0 Å². The Balaban J connectivity index is 2.42. The van der Waals surface area contributed by atoms with Gasteiger partial charge in [0.15, 0.2) is 0 Å². The van der Waals surface area contributed by atoms with E-state index in [2.05, 4.69) is 31.0 Å². The molecule has 4 heteroatoms. The van der Waals surface area contributed by atoms with Gasteiger partial charge in [0.05, 0.1) is 11.4 Å². The second-order valence-corrected chi connectivity index (χ2v) is 5.46. The molecule has 1 amide bonds. The Hall–Kier alpha value is -1.55. The van der Waals surface area contributed by atoms with E-state index in [9.17, 15) is 4.79 Å². The highest BCUT2D eigenvalue weighted by Crippen LogP contribution is 2.17. The fourth-order valence-corrected chi connectivity index (χ4v) is 2.37. The molecule has 0 aliphatic carbocycles. The maximum atomic E-state index is 12.0. The van der Waals surface area contributed by atoms with Crippen LogP contribution in [0.1, 0.15) is 40.0 Å². The summed E-state index contributed by atoms with van der Waals surface area (Å²) in [5.74, 6) is 0.744. The predicted octanol–water partition coefficient (Wildman–Crippen LogP) is 3.36. The summed E-state index contributed by atoms with van der Waals surface area (Å²) >= 11 is 0. The summed E-state index contributed by atoms with van der Waals surface area (Å²) in [4.78, 5) is 14.4. The third-order valence-electron chi connectivity index (χ3n) is 4.01. The topological polar surface area (TPSA) is 58.4 Å². The average Bonchev–Trinajstić information content (AvgIpc) is 2.50. The van der Waals surface area contributed by atoms with Crippen molar-refractivity contribution in [2.45, 2.75) is 40.0 Å². The van der Waals surface area contributed by atoms with Crippen LogP contribution < -0.4 is 11.1 Å². The first kappa shape index (κ1) is 17.5. The van der Waals surface area contributed by atoms with E-state index in [1.165, 1.54) is 12.8 Å². The van der Waals surface area contributed by atoms with Gasteiger partial charge in [-0.25, -0.2) is 0 Å². The van der Waals surface area contributed by atoms with Gasteiger partial charge in [-0.15, -0.1) is 0 Å². The quantitative estimate of drug-likeness (QED) is 0.686. The number of nitrogen functional groups attached to an aromatic ring is 1. The van der Waals surface area contributed by atoms with E-state index in [-0.39, 0.29) is 5.91 Å². The zero-order chi connectivity index (χ0) is 15.7. The number of nitrogens with one attached hydrogen (secondary N) is 1. The first-order chi connectivity index (χ1) is 10.1. The molecule has 1 rings (SSSR count). The van der Waals surface area contributed by atoms with Crippen LogP contribution in [0.2, 0.25) is 0 Å². The van der Waals surface area contributed by atoms with E-state index in [0.717, 1.165) is 25.6 Å². The molecule has 0 heterocycles. The monoisotopic (exact) mass is 291 g/mol. The molecular weight excluding hydrogens is 262 g/mol. The lowest BCUT2D eigenvalue weighted by atomic mass is 10.0. The van der Waals surface area contributed by atoms with Crippen molar-refractivity contribution in [3.05, 3.63) is 24.3 Å². The molecular formula is C17H29N3O. The van der Waals surface area contributed by atoms with Gasteiger partial charge in [0, 0.05) is 19.5 Å². The number of nitrogens with two attached hydrogens (primary N) is 1. The molecule has 0 spiro atoms. The van der Waals surface area contributed by atoms with Crippen molar-refractivity contribution in [1.29, 1.82) is 0 Å². The number of para-hydroxylation sites is 2. The van der Waals surface area contributed by atoms with Gasteiger partial charge in [-0.2, -0.15) is 0 Å². The first-order valence-corrected chi connectivity index (χ1v) is 7.97. The largest absolute Gasteiger partial charge is 0.397 e. The fourth-order valence-electron chi connectivity index (χ4n) is 2.37. The molecule has 118 valence electrons. The molecule has 4 nitrogen and oxygen atoms in total. The predicted molar refractivity (Wildman–Crippen MR) is 90.3 cm³/mol. The SMILES string of the molecule is CCC(CC)CN(CC)CCC(=O)Nc1ccccc1N. The summed E-state index contributed by atoms with van der Waals surface area (Å²) < 4.78 is 0. The number of carbonyl (C=O) groups is 1. The molecule has 1 aromatic rings. The lowest BCUT2D eigenvalue weighted by Gasteiger charge is -2.24. The number of anilines is 2. The zero-order valence-electron chi connectivity index (χ0n) is 13.6. The first-order valence-electron chi connectivity index (χ1n) is 7.97. The van der Waals surface area contributed by atoms with Crippen LogP contribution in [0.3, 0.4) is 0 Å². The number of amides is 1. The molecule has 21 heavy (non-hydrogen) atoms. The normalized spacial score (nSPS) is 11.1. The van der Waals surface area contributed by atoms with E-state index in [1.807, 2.05) is 18.2 Å². The van der Waals surface area contributed by atoms with Gasteiger partial charge in [-0.05, 0) is 24.6 Å². The molecule has 0 bridgehead atoms. The molecule has 3 N–H and O–H groups in total. The van der Waals surface area contributed by atoms with E-state index >= 15 is 0 Å². The van der Waals surface area contributed by atoms with E-state index in [4.69, 9.17) is 5.73 Å². The van der Waals surface area contributed by atoms with Gasteiger partial charge in [0.2, 0.25) is 5.91 Å². The van der Waals surface area contributed by atoms with Gasteiger partial charge < -0.3 is 16.0 Å². The molecule has 0 saturated carbocycles. The summed E-state index contributed by atoms with van der Waals surface area (Å²) in [6.45, 7) is 9.46. The van der Waals surface area contributed by atoms with Gasteiger partial charge in [-0.3, -0.25) is 4.79 Å². The Morgan fingerprint density at radius 1 is 1.24 bits per heavy atom. The summed E-state index contributed by atoms with van der Waals surface area (Å²) in [6, 6.07) is 7.35. The third kappa shape index (κ3) is 6.17. The maximum Gasteiger partial charge on any atom is 0.225 e. The average molecular weight is 291 g/mol. The standard InChI is InChI=1S/C17H29N3O/c1-4-14(5-2)13-20(6-3)12-11-17(21)19-16-10-8-7-9-15(16)18/h7-10,14H,4-6,11-13,18H2,1-3H3,(H,19,21). The number of rotatable bonds is 9. The number of carbonyl (C=O) groups excluding carboxylic acids is 1.